The molecule has 0 aliphatic heterocycles. The summed E-state index contributed by atoms with van der Waals surface area (Å²) in [5, 5.41) is 38.5. The summed E-state index contributed by atoms with van der Waals surface area (Å²) in [4.78, 5) is 11.6. The lowest BCUT2D eigenvalue weighted by atomic mass is 9.82. The van der Waals surface area contributed by atoms with Crippen LogP contribution in [0.3, 0.4) is 0 Å². The fraction of sp³-hybridized carbons (Fsp3) is 0.462. The maximum Gasteiger partial charge on any atom is 0.176 e. The molecule has 0 amide bonds. The predicted molar refractivity (Wildman–Crippen MR) is 66.7 cm³/mol. The summed E-state index contributed by atoms with van der Waals surface area (Å²) >= 11 is 0. The fourth-order valence-electron chi connectivity index (χ4n) is 1.81. The number of hydrogen-bond donors (Lipinski definition) is 4. The lowest BCUT2D eigenvalue weighted by Crippen LogP contribution is -2.52. The summed E-state index contributed by atoms with van der Waals surface area (Å²) in [6.07, 6.45) is -3.46. The molecule has 6 nitrogen and oxygen atoms in total. The van der Waals surface area contributed by atoms with Gasteiger partial charge in [-0.25, -0.2) is 0 Å². The molecule has 0 spiro atoms. The zero-order valence-corrected chi connectivity index (χ0v) is 10.8. The number of carbonyl (C=O) groups excluding carboxylic acids is 1. The summed E-state index contributed by atoms with van der Waals surface area (Å²) in [6, 6.07) is 5.85. The second kappa shape index (κ2) is 6.12. The largest absolute Gasteiger partial charge is 0.497 e. The summed E-state index contributed by atoms with van der Waals surface area (Å²) in [5.41, 5.74) is -2.17. The SMILES string of the molecule is COc1ccc(C(O)(C(C)=O)C(O)C(O)CO)cc1. The van der Waals surface area contributed by atoms with E-state index in [9.17, 15) is 20.1 Å². The number of aliphatic hydroxyl groups excluding tert-OH is 3. The van der Waals surface area contributed by atoms with Crippen molar-refractivity contribution in [2.45, 2.75) is 24.7 Å². The Morgan fingerprint density at radius 2 is 1.84 bits per heavy atom. The number of hydrogen-bond acceptors (Lipinski definition) is 6. The standard InChI is InChI=1S/C13H18O6/c1-8(15)13(18,12(17)11(16)7-14)9-3-5-10(19-2)6-4-9/h3-6,11-12,14,16-18H,7H2,1-2H3. The van der Waals surface area contributed by atoms with E-state index in [0.29, 0.717) is 5.75 Å². The number of carbonyl (C=O) groups is 1. The predicted octanol–water partition coefficient (Wildman–Crippen LogP) is -0.814. The molecule has 0 bridgehead atoms. The third-order valence-corrected chi connectivity index (χ3v) is 3.05. The lowest BCUT2D eigenvalue weighted by molar-refractivity contribution is -0.166. The van der Waals surface area contributed by atoms with Crippen LogP contribution in [0.2, 0.25) is 0 Å². The molecule has 1 aromatic carbocycles. The van der Waals surface area contributed by atoms with Crippen LogP contribution in [0.15, 0.2) is 24.3 Å². The summed E-state index contributed by atoms with van der Waals surface area (Å²) in [5.74, 6) is -0.218. The Morgan fingerprint density at radius 1 is 1.32 bits per heavy atom. The first-order chi connectivity index (χ1) is 8.87. The van der Waals surface area contributed by atoms with Crippen LogP contribution in [0, 0.1) is 0 Å². The van der Waals surface area contributed by atoms with Crippen molar-refractivity contribution in [3.05, 3.63) is 29.8 Å². The smallest absolute Gasteiger partial charge is 0.176 e. The van der Waals surface area contributed by atoms with Gasteiger partial charge in [0, 0.05) is 0 Å². The Balaban J connectivity index is 3.21. The highest BCUT2D eigenvalue weighted by Gasteiger charge is 2.45. The van der Waals surface area contributed by atoms with E-state index >= 15 is 0 Å². The van der Waals surface area contributed by atoms with Crippen LogP contribution in [0.1, 0.15) is 12.5 Å². The highest BCUT2D eigenvalue weighted by molar-refractivity contribution is 5.87. The van der Waals surface area contributed by atoms with E-state index in [1.807, 2.05) is 0 Å². The van der Waals surface area contributed by atoms with Crippen LogP contribution in [0.4, 0.5) is 0 Å². The molecule has 0 saturated heterocycles. The molecule has 3 atom stereocenters. The van der Waals surface area contributed by atoms with Gasteiger partial charge in [0.15, 0.2) is 11.4 Å². The van der Waals surface area contributed by atoms with Crippen molar-refractivity contribution in [3.63, 3.8) is 0 Å². The topological polar surface area (TPSA) is 107 Å². The zero-order valence-electron chi connectivity index (χ0n) is 10.8. The molecule has 3 unspecified atom stereocenters. The number of benzene rings is 1. The van der Waals surface area contributed by atoms with E-state index in [0.717, 1.165) is 6.92 Å². The van der Waals surface area contributed by atoms with Crippen molar-refractivity contribution in [1.82, 2.24) is 0 Å². The Morgan fingerprint density at radius 3 is 2.21 bits per heavy atom. The van der Waals surface area contributed by atoms with Gasteiger partial charge in [-0.05, 0) is 24.6 Å². The molecule has 106 valence electrons. The monoisotopic (exact) mass is 270 g/mol. The van der Waals surface area contributed by atoms with Crippen LogP contribution in [-0.2, 0) is 10.4 Å². The Labute approximate surface area is 110 Å². The molecule has 0 aliphatic carbocycles. The molecule has 0 heterocycles. The van der Waals surface area contributed by atoms with E-state index in [1.54, 1.807) is 0 Å². The Kier molecular flexibility index (Phi) is 5.02. The van der Waals surface area contributed by atoms with Crippen LogP contribution < -0.4 is 4.74 Å². The minimum Gasteiger partial charge on any atom is -0.497 e. The van der Waals surface area contributed by atoms with Gasteiger partial charge >= 0.3 is 0 Å². The summed E-state index contributed by atoms with van der Waals surface area (Å²) in [7, 11) is 1.47. The lowest BCUT2D eigenvalue weighted by Gasteiger charge is -2.33. The molecule has 1 rings (SSSR count). The number of rotatable bonds is 6. The van der Waals surface area contributed by atoms with Crippen molar-refractivity contribution in [2.75, 3.05) is 13.7 Å². The van der Waals surface area contributed by atoms with Gasteiger partial charge in [0.05, 0.1) is 13.7 Å². The third kappa shape index (κ3) is 2.93. The molecule has 6 heteroatoms. The van der Waals surface area contributed by atoms with Crippen LogP contribution >= 0.6 is 0 Å². The summed E-state index contributed by atoms with van der Waals surface area (Å²) < 4.78 is 4.95. The molecule has 0 aliphatic rings. The molecule has 0 fully saturated rings. The Bertz CT molecular complexity index is 429. The number of methoxy groups -OCH3 is 1. The van der Waals surface area contributed by atoms with E-state index in [4.69, 9.17) is 9.84 Å². The van der Waals surface area contributed by atoms with Crippen molar-refractivity contribution < 1.29 is 30.0 Å². The van der Waals surface area contributed by atoms with Crippen LogP contribution in [0.5, 0.6) is 5.75 Å². The molecular formula is C13H18O6. The van der Waals surface area contributed by atoms with Crippen molar-refractivity contribution in [1.29, 1.82) is 0 Å². The molecule has 0 aromatic heterocycles. The minimum absolute atomic E-state index is 0.112. The molecule has 4 N–H and O–H groups in total. The van der Waals surface area contributed by atoms with Crippen molar-refractivity contribution >= 4 is 5.78 Å². The fourth-order valence-corrected chi connectivity index (χ4v) is 1.81. The number of aliphatic hydroxyl groups is 4. The van der Waals surface area contributed by atoms with Crippen molar-refractivity contribution in [3.8, 4) is 5.75 Å². The van der Waals surface area contributed by atoms with E-state index < -0.39 is 30.2 Å². The first kappa shape index (κ1) is 15.6. The van der Waals surface area contributed by atoms with Gasteiger partial charge in [0.2, 0.25) is 0 Å². The number of ketones is 1. The molecule has 19 heavy (non-hydrogen) atoms. The van der Waals surface area contributed by atoms with Gasteiger partial charge in [-0.2, -0.15) is 0 Å². The van der Waals surface area contributed by atoms with Gasteiger partial charge in [0.25, 0.3) is 0 Å². The number of ether oxygens (including phenoxy) is 1. The number of Topliss-reactive ketones (excluding diaryl/α,β-unsaturated/α-hetero) is 1. The quantitative estimate of drug-likeness (QED) is 0.538. The minimum atomic E-state index is -2.28. The molecule has 0 radical (unpaired) electrons. The normalized spacial score (nSPS) is 17.4. The van der Waals surface area contributed by atoms with Crippen LogP contribution in [0.25, 0.3) is 0 Å². The Hall–Kier alpha value is -1.47. The van der Waals surface area contributed by atoms with E-state index in [1.165, 1.54) is 31.4 Å². The first-order valence-electron chi connectivity index (χ1n) is 5.72. The highest BCUT2D eigenvalue weighted by atomic mass is 16.5. The second-order valence-corrected chi connectivity index (χ2v) is 4.25. The van der Waals surface area contributed by atoms with E-state index in [2.05, 4.69) is 0 Å². The first-order valence-corrected chi connectivity index (χ1v) is 5.72. The highest BCUT2D eigenvalue weighted by Crippen LogP contribution is 2.29. The zero-order chi connectivity index (χ0) is 14.6. The van der Waals surface area contributed by atoms with Crippen molar-refractivity contribution in [2.24, 2.45) is 0 Å². The van der Waals surface area contributed by atoms with Gasteiger partial charge in [-0.3, -0.25) is 4.79 Å². The average molecular weight is 270 g/mol. The van der Waals surface area contributed by atoms with E-state index in [-0.39, 0.29) is 5.56 Å². The molecular weight excluding hydrogens is 252 g/mol. The van der Waals surface area contributed by atoms with Gasteiger partial charge in [0.1, 0.15) is 18.0 Å². The average Bonchev–Trinajstić information content (AvgIpc) is 2.44. The van der Waals surface area contributed by atoms with Gasteiger partial charge in [-0.15, -0.1) is 0 Å². The third-order valence-electron chi connectivity index (χ3n) is 3.05. The molecule has 1 aromatic rings. The van der Waals surface area contributed by atoms with Crippen LogP contribution in [-0.4, -0.2) is 52.1 Å². The van der Waals surface area contributed by atoms with Gasteiger partial charge < -0.3 is 25.2 Å². The maximum atomic E-state index is 11.6. The molecule has 0 saturated carbocycles. The summed E-state index contributed by atoms with van der Waals surface area (Å²) in [6.45, 7) is 0.324. The van der Waals surface area contributed by atoms with Gasteiger partial charge in [-0.1, -0.05) is 12.1 Å². The maximum absolute atomic E-state index is 11.6. The second-order valence-electron chi connectivity index (χ2n) is 4.25.